The van der Waals surface area contributed by atoms with Crippen molar-refractivity contribution < 1.29 is 19.0 Å². The van der Waals surface area contributed by atoms with Crippen LogP contribution < -0.4 is 0 Å². The van der Waals surface area contributed by atoms with Crippen LogP contribution in [-0.4, -0.2) is 24.3 Å². The number of hydrogen-bond donors (Lipinski definition) is 1. The summed E-state index contributed by atoms with van der Waals surface area (Å²) in [7, 11) is 1.20. The smallest absolute Gasteiger partial charge is 0.339 e. The number of carbonyl (C=O) groups excluding carboxylic acids is 1. The number of ether oxygens (including phenoxy) is 1. The standard InChI is InChI=1S/C17H15FO3/c1-11(16(19)17(20)21-2)12-3-5-13(6-4-12)14-7-9-15(18)10-8-14/h3-10,16,19H,1H2,2H3. The summed E-state index contributed by atoms with van der Waals surface area (Å²) < 4.78 is 17.4. The van der Waals surface area contributed by atoms with E-state index in [0.717, 1.165) is 11.1 Å². The lowest BCUT2D eigenvalue weighted by Gasteiger charge is -2.12. The molecule has 0 fully saturated rings. The maximum Gasteiger partial charge on any atom is 0.339 e. The molecule has 3 nitrogen and oxygen atoms in total. The van der Waals surface area contributed by atoms with E-state index in [9.17, 15) is 14.3 Å². The third kappa shape index (κ3) is 3.35. The lowest BCUT2D eigenvalue weighted by Crippen LogP contribution is -2.22. The van der Waals surface area contributed by atoms with Crippen molar-refractivity contribution in [3.05, 3.63) is 66.5 Å². The van der Waals surface area contributed by atoms with Crippen LogP contribution in [0.5, 0.6) is 0 Å². The molecule has 0 aliphatic carbocycles. The zero-order valence-corrected chi connectivity index (χ0v) is 11.5. The predicted molar refractivity (Wildman–Crippen MR) is 78.9 cm³/mol. The van der Waals surface area contributed by atoms with Crippen LogP contribution in [-0.2, 0) is 9.53 Å². The van der Waals surface area contributed by atoms with Gasteiger partial charge in [-0.1, -0.05) is 43.0 Å². The van der Waals surface area contributed by atoms with E-state index in [-0.39, 0.29) is 11.4 Å². The molecule has 0 amide bonds. The molecule has 108 valence electrons. The van der Waals surface area contributed by atoms with Gasteiger partial charge in [-0.05, 0) is 34.4 Å². The van der Waals surface area contributed by atoms with Crippen molar-refractivity contribution in [1.82, 2.24) is 0 Å². The van der Waals surface area contributed by atoms with Crippen molar-refractivity contribution in [2.75, 3.05) is 7.11 Å². The quantitative estimate of drug-likeness (QED) is 0.879. The molecule has 2 aromatic carbocycles. The molecule has 2 aromatic rings. The summed E-state index contributed by atoms with van der Waals surface area (Å²) in [6.45, 7) is 3.71. The van der Waals surface area contributed by atoms with E-state index in [1.54, 1.807) is 24.3 Å². The normalized spacial score (nSPS) is 11.8. The number of benzene rings is 2. The number of rotatable bonds is 4. The van der Waals surface area contributed by atoms with Crippen molar-refractivity contribution in [1.29, 1.82) is 0 Å². The Balaban J connectivity index is 2.21. The molecule has 1 atom stereocenters. The Morgan fingerprint density at radius 2 is 1.57 bits per heavy atom. The Morgan fingerprint density at radius 1 is 1.10 bits per heavy atom. The molecule has 1 N–H and O–H groups in total. The van der Waals surface area contributed by atoms with Crippen LogP contribution in [0.3, 0.4) is 0 Å². The average Bonchev–Trinajstić information content (AvgIpc) is 2.53. The van der Waals surface area contributed by atoms with Crippen molar-refractivity contribution >= 4 is 11.5 Å². The molecule has 1 unspecified atom stereocenters. The molecule has 21 heavy (non-hydrogen) atoms. The van der Waals surface area contributed by atoms with Crippen LogP contribution in [0.25, 0.3) is 16.7 Å². The number of hydrogen-bond acceptors (Lipinski definition) is 3. The molecular formula is C17H15FO3. The third-order valence-corrected chi connectivity index (χ3v) is 3.19. The molecule has 2 rings (SSSR count). The van der Waals surface area contributed by atoms with Crippen LogP contribution in [0.4, 0.5) is 4.39 Å². The SMILES string of the molecule is C=C(c1ccc(-c2ccc(F)cc2)cc1)C(O)C(=O)OC. The molecule has 0 aliphatic rings. The first kappa shape index (κ1) is 14.9. The summed E-state index contributed by atoms with van der Waals surface area (Å²) in [6.07, 6.45) is -1.38. The summed E-state index contributed by atoms with van der Waals surface area (Å²) >= 11 is 0. The highest BCUT2D eigenvalue weighted by molar-refractivity contribution is 5.90. The number of methoxy groups -OCH3 is 1. The van der Waals surface area contributed by atoms with Gasteiger partial charge in [-0.25, -0.2) is 9.18 Å². The van der Waals surface area contributed by atoms with E-state index in [4.69, 9.17) is 0 Å². The minimum Gasteiger partial charge on any atom is -0.467 e. The second-order valence-electron chi connectivity index (χ2n) is 4.54. The topological polar surface area (TPSA) is 46.5 Å². The molecule has 0 aliphatic heterocycles. The van der Waals surface area contributed by atoms with Crippen molar-refractivity contribution in [3.8, 4) is 11.1 Å². The van der Waals surface area contributed by atoms with Gasteiger partial charge < -0.3 is 9.84 Å². The highest BCUT2D eigenvalue weighted by atomic mass is 19.1. The summed E-state index contributed by atoms with van der Waals surface area (Å²) in [5, 5.41) is 9.74. The van der Waals surface area contributed by atoms with Gasteiger partial charge in [-0.15, -0.1) is 0 Å². The molecule has 4 heteroatoms. The van der Waals surface area contributed by atoms with E-state index in [1.807, 2.05) is 12.1 Å². The first-order valence-electron chi connectivity index (χ1n) is 6.34. The van der Waals surface area contributed by atoms with Gasteiger partial charge in [0, 0.05) is 0 Å². The molecule has 0 bridgehead atoms. The van der Waals surface area contributed by atoms with Crippen LogP contribution in [0, 0.1) is 5.82 Å². The van der Waals surface area contributed by atoms with Gasteiger partial charge in [0.1, 0.15) is 5.82 Å². The van der Waals surface area contributed by atoms with Crippen LogP contribution in [0.2, 0.25) is 0 Å². The Kier molecular flexibility index (Phi) is 4.50. The maximum atomic E-state index is 12.9. The lowest BCUT2D eigenvalue weighted by atomic mass is 9.98. The van der Waals surface area contributed by atoms with Gasteiger partial charge in [-0.2, -0.15) is 0 Å². The van der Waals surface area contributed by atoms with Crippen molar-refractivity contribution in [2.24, 2.45) is 0 Å². The van der Waals surface area contributed by atoms with Gasteiger partial charge in [-0.3, -0.25) is 0 Å². The van der Waals surface area contributed by atoms with Gasteiger partial charge in [0.25, 0.3) is 0 Å². The van der Waals surface area contributed by atoms with E-state index in [1.165, 1.54) is 19.2 Å². The highest BCUT2D eigenvalue weighted by Gasteiger charge is 2.20. The number of aliphatic hydroxyl groups excluding tert-OH is 1. The first-order valence-corrected chi connectivity index (χ1v) is 6.34. The number of esters is 1. The van der Waals surface area contributed by atoms with E-state index < -0.39 is 12.1 Å². The van der Waals surface area contributed by atoms with E-state index >= 15 is 0 Å². The van der Waals surface area contributed by atoms with Crippen LogP contribution in [0.15, 0.2) is 55.1 Å². The van der Waals surface area contributed by atoms with Crippen molar-refractivity contribution in [2.45, 2.75) is 6.10 Å². The Hall–Kier alpha value is -2.46. The molecule has 0 heterocycles. The zero-order chi connectivity index (χ0) is 15.4. The fourth-order valence-corrected chi connectivity index (χ4v) is 1.93. The molecule has 0 saturated carbocycles. The second kappa shape index (κ2) is 6.33. The van der Waals surface area contributed by atoms with E-state index in [2.05, 4.69) is 11.3 Å². The summed E-state index contributed by atoms with van der Waals surface area (Å²) in [4.78, 5) is 11.3. The summed E-state index contributed by atoms with van der Waals surface area (Å²) in [5.74, 6) is -1.03. The summed E-state index contributed by atoms with van der Waals surface area (Å²) in [6, 6.07) is 13.3. The molecule has 0 spiro atoms. The number of carbonyl (C=O) groups is 1. The minimum atomic E-state index is -1.38. The van der Waals surface area contributed by atoms with Gasteiger partial charge in [0.2, 0.25) is 0 Å². The Labute approximate surface area is 122 Å². The highest BCUT2D eigenvalue weighted by Crippen LogP contribution is 2.23. The Morgan fingerprint density at radius 3 is 2.05 bits per heavy atom. The van der Waals surface area contributed by atoms with Crippen molar-refractivity contribution in [3.63, 3.8) is 0 Å². The molecule has 0 aromatic heterocycles. The number of halogens is 1. The second-order valence-corrected chi connectivity index (χ2v) is 4.54. The summed E-state index contributed by atoms with van der Waals surface area (Å²) in [5.41, 5.74) is 2.69. The predicted octanol–water partition coefficient (Wildman–Crippen LogP) is 3.04. The fraction of sp³-hybridized carbons (Fsp3) is 0.118. The number of aliphatic hydroxyl groups is 1. The van der Waals surface area contributed by atoms with Crippen LogP contribution in [0.1, 0.15) is 5.56 Å². The lowest BCUT2D eigenvalue weighted by molar-refractivity contribution is -0.147. The molecular weight excluding hydrogens is 271 g/mol. The van der Waals surface area contributed by atoms with Gasteiger partial charge >= 0.3 is 5.97 Å². The largest absolute Gasteiger partial charge is 0.467 e. The fourth-order valence-electron chi connectivity index (χ4n) is 1.93. The zero-order valence-electron chi connectivity index (χ0n) is 11.5. The maximum absolute atomic E-state index is 12.9. The third-order valence-electron chi connectivity index (χ3n) is 3.19. The average molecular weight is 286 g/mol. The minimum absolute atomic E-state index is 0.271. The van der Waals surface area contributed by atoms with E-state index in [0.29, 0.717) is 5.56 Å². The molecule has 0 saturated heterocycles. The van der Waals surface area contributed by atoms with Gasteiger partial charge in [0.05, 0.1) is 7.11 Å². The Bertz CT molecular complexity index is 645. The van der Waals surface area contributed by atoms with Crippen LogP contribution >= 0.6 is 0 Å². The molecule has 0 radical (unpaired) electrons. The monoisotopic (exact) mass is 286 g/mol. The first-order chi connectivity index (χ1) is 10.0. The van der Waals surface area contributed by atoms with Gasteiger partial charge in [0.15, 0.2) is 6.10 Å².